The second kappa shape index (κ2) is 6.26. The Kier molecular flexibility index (Phi) is 5.27. The monoisotopic (exact) mass is 327 g/mol. The van der Waals surface area contributed by atoms with Crippen molar-refractivity contribution in [2.75, 3.05) is 6.61 Å². The lowest BCUT2D eigenvalue weighted by Gasteiger charge is -2.12. The molecule has 0 aliphatic heterocycles. The predicted molar refractivity (Wildman–Crippen MR) is 62.8 cm³/mol. The van der Waals surface area contributed by atoms with Gasteiger partial charge in [0, 0.05) is 22.7 Å². The number of hydrogen-bond donors (Lipinski definition) is 0. The lowest BCUT2D eigenvalue weighted by Crippen LogP contribution is -2.11. The van der Waals surface area contributed by atoms with Crippen LogP contribution in [0.3, 0.4) is 0 Å². The average Bonchev–Trinajstić information content (AvgIpc) is 2.28. The highest BCUT2D eigenvalue weighted by Gasteiger charge is 2.25. The zero-order valence-electron chi connectivity index (χ0n) is 8.84. The van der Waals surface area contributed by atoms with Gasteiger partial charge in [-0.05, 0) is 6.92 Å². The molecule has 0 aliphatic rings. The molecule has 0 unspecified atom stereocenters. The molecule has 0 atom stereocenters. The second-order valence-corrected chi connectivity index (χ2v) is 3.93. The first-order valence-electron chi connectivity index (χ1n) is 4.71. The lowest BCUT2D eigenvalue weighted by molar-refractivity contribution is 0.0514. The quantitative estimate of drug-likeness (QED) is 0.480. The van der Waals surface area contributed by atoms with Crippen molar-refractivity contribution in [1.29, 1.82) is 0 Å². The molecule has 1 aromatic rings. The normalized spacial score (nSPS) is 10.7. The third-order valence-corrected chi connectivity index (χ3v) is 2.90. The van der Waals surface area contributed by atoms with Gasteiger partial charge in [0.05, 0.1) is 12.2 Å². The Balaban J connectivity index is 3.35. The second-order valence-electron chi connectivity index (χ2n) is 3.01. The number of pyridine rings is 1. The summed E-state index contributed by atoms with van der Waals surface area (Å²) in [5.74, 6) is -0.825. The largest absolute Gasteiger partial charge is 0.462 e. The van der Waals surface area contributed by atoms with Gasteiger partial charge in [-0.1, -0.05) is 27.5 Å². The van der Waals surface area contributed by atoms with Crippen molar-refractivity contribution in [2.24, 2.45) is 0 Å². The summed E-state index contributed by atoms with van der Waals surface area (Å²) in [5, 5.41) is 0.0383. The lowest BCUT2D eigenvalue weighted by atomic mass is 10.1. The van der Waals surface area contributed by atoms with Crippen LogP contribution in [0.1, 0.15) is 34.8 Å². The molecule has 0 saturated carbocycles. The van der Waals surface area contributed by atoms with E-state index in [1.165, 1.54) is 0 Å². The van der Waals surface area contributed by atoms with Crippen molar-refractivity contribution < 1.29 is 18.3 Å². The third kappa shape index (κ3) is 3.13. The van der Waals surface area contributed by atoms with Gasteiger partial charge in [0.1, 0.15) is 5.15 Å². The molecule has 1 rings (SSSR count). The first-order valence-corrected chi connectivity index (χ1v) is 6.21. The maximum atomic E-state index is 12.9. The smallest absolute Gasteiger partial charge is 0.340 e. The summed E-state index contributed by atoms with van der Waals surface area (Å²) in [6, 6.07) is 0. The minimum atomic E-state index is -2.82. The number of carbonyl (C=O) groups is 1. The summed E-state index contributed by atoms with van der Waals surface area (Å²) >= 11 is 8.74. The van der Waals surface area contributed by atoms with Crippen molar-refractivity contribution in [3.8, 4) is 0 Å². The number of halogens is 4. The number of alkyl halides is 3. The Bertz CT molecular complexity index is 429. The Labute approximate surface area is 110 Å². The topological polar surface area (TPSA) is 39.2 Å². The van der Waals surface area contributed by atoms with Gasteiger partial charge in [0.2, 0.25) is 0 Å². The molecule has 0 fully saturated rings. The molecule has 1 aromatic heterocycles. The molecule has 0 radical (unpaired) electrons. The van der Waals surface area contributed by atoms with Crippen LogP contribution >= 0.6 is 27.5 Å². The van der Waals surface area contributed by atoms with Crippen LogP contribution in [0.5, 0.6) is 0 Å². The van der Waals surface area contributed by atoms with E-state index in [-0.39, 0.29) is 28.2 Å². The fourth-order valence-electron chi connectivity index (χ4n) is 1.29. The van der Waals surface area contributed by atoms with Crippen LogP contribution in [0.2, 0.25) is 5.15 Å². The molecule has 0 N–H and O–H groups in total. The summed E-state index contributed by atoms with van der Waals surface area (Å²) < 4.78 is 30.6. The molecule has 0 aliphatic carbocycles. The number of hydrogen-bond acceptors (Lipinski definition) is 3. The number of carbonyl (C=O) groups excluding carboxylic acids is 1. The van der Waals surface area contributed by atoms with Crippen LogP contribution in [-0.4, -0.2) is 17.6 Å². The van der Waals surface area contributed by atoms with E-state index in [4.69, 9.17) is 11.6 Å². The minimum Gasteiger partial charge on any atom is -0.462 e. The van der Waals surface area contributed by atoms with Gasteiger partial charge in [0.25, 0.3) is 6.43 Å². The SMILES string of the molecule is CCOC(=O)c1cnc(Cl)c(CBr)c1C(F)F. The molecule has 7 heteroatoms. The average molecular weight is 329 g/mol. The first kappa shape index (κ1) is 14.3. The van der Waals surface area contributed by atoms with E-state index in [0.717, 1.165) is 6.20 Å². The number of aromatic nitrogens is 1. The zero-order valence-corrected chi connectivity index (χ0v) is 11.2. The van der Waals surface area contributed by atoms with E-state index in [1.54, 1.807) is 6.92 Å². The van der Waals surface area contributed by atoms with Gasteiger partial charge >= 0.3 is 5.97 Å². The summed E-state index contributed by atoms with van der Waals surface area (Å²) in [4.78, 5) is 15.2. The predicted octanol–water partition coefficient (Wildman–Crippen LogP) is 3.74. The first-order chi connectivity index (χ1) is 8.02. The molecular formula is C10H9BrClF2NO2. The van der Waals surface area contributed by atoms with Gasteiger partial charge in [-0.3, -0.25) is 0 Å². The Hall–Kier alpha value is -0.750. The van der Waals surface area contributed by atoms with Crippen molar-refractivity contribution in [3.63, 3.8) is 0 Å². The van der Waals surface area contributed by atoms with Crippen LogP contribution in [0, 0.1) is 0 Å². The number of nitrogens with zero attached hydrogens (tertiary/aromatic N) is 1. The highest BCUT2D eigenvalue weighted by molar-refractivity contribution is 9.08. The third-order valence-electron chi connectivity index (χ3n) is 2.02. The molecule has 3 nitrogen and oxygen atoms in total. The van der Waals surface area contributed by atoms with Crippen LogP contribution in [-0.2, 0) is 10.1 Å². The number of esters is 1. The van der Waals surface area contributed by atoms with E-state index in [1.807, 2.05) is 0 Å². The molecule has 17 heavy (non-hydrogen) atoms. The van der Waals surface area contributed by atoms with Gasteiger partial charge in [0.15, 0.2) is 0 Å². The van der Waals surface area contributed by atoms with Crippen LogP contribution < -0.4 is 0 Å². The highest BCUT2D eigenvalue weighted by Crippen LogP contribution is 2.32. The van der Waals surface area contributed by atoms with Crippen molar-refractivity contribution in [1.82, 2.24) is 4.98 Å². The van der Waals surface area contributed by atoms with E-state index in [9.17, 15) is 13.6 Å². The Morgan fingerprint density at radius 2 is 2.29 bits per heavy atom. The highest BCUT2D eigenvalue weighted by atomic mass is 79.9. The standard InChI is InChI=1S/C10H9BrClF2NO2/c1-2-17-10(16)6-4-15-8(12)5(3-11)7(6)9(13)14/h4,9H,2-3H2,1H3. The number of ether oxygens (including phenoxy) is 1. The molecule has 94 valence electrons. The van der Waals surface area contributed by atoms with Crippen LogP contribution in [0.15, 0.2) is 6.20 Å². The Morgan fingerprint density at radius 3 is 2.76 bits per heavy atom. The molecule has 1 heterocycles. The molecule has 0 amide bonds. The number of rotatable bonds is 4. The van der Waals surface area contributed by atoms with Crippen molar-refractivity contribution in [2.45, 2.75) is 18.7 Å². The van der Waals surface area contributed by atoms with Gasteiger partial charge in [-0.15, -0.1) is 0 Å². The Morgan fingerprint density at radius 1 is 1.65 bits per heavy atom. The van der Waals surface area contributed by atoms with Crippen molar-refractivity contribution in [3.05, 3.63) is 28.0 Å². The van der Waals surface area contributed by atoms with Crippen LogP contribution in [0.25, 0.3) is 0 Å². The van der Waals surface area contributed by atoms with Crippen LogP contribution in [0.4, 0.5) is 8.78 Å². The molecular weight excluding hydrogens is 319 g/mol. The summed E-state index contributed by atoms with van der Waals surface area (Å²) in [6.45, 7) is 1.70. The van der Waals surface area contributed by atoms with E-state index >= 15 is 0 Å². The molecule has 0 saturated heterocycles. The summed E-state index contributed by atoms with van der Waals surface area (Å²) in [7, 11) is 0. The fourth-order valence-corrected chi connectivity index (χ4v) is 2.24. The van der Waals surface area contributed by atoms with Gasteiger partial charge < -0.3 is 4.74 Å². The van der Waals surface area contributed by atoms with E-state index in [2.05, 4.69) is 25.7 Å². The maximum Gasteiger partial charge on any atom is 0.340 e. The fraction of sp³-hybridized carbons (Fsp3) is 0.400. The van der Waals surface area contributed by atoms with E-state index < -0.39 is 18.0 Å². The zero-order chi connectivity index (χ0) is 13.0. The maximum absolute atomic E-state index is 12.9. The minimum absolute atomic E-state index is 0.0507. The summed E-state index contributed by atoms with van der Waals surface area (Å²) in [5.41, 5.74) is -0.576. The van der Waals surface area contributed by atoms with Gasteiger partial charge in [-0.25, -0.2) is 18.6 Å². The summed E-state index contributed by atoms with van der Waals surface area (Å²) in [6.07, 6.45) is -1.81. The van der Waals surface area contributed by atoms with E-state index in [0.29, 0.717) is 0 Å². The molecule has 0 spiro atoms. The molecule has 0 aromatic carbocycles. The van der Waals surface area contributed by atoms with Crippen molar-refractivity contribution >= 4 is 33.5 Å². The molecule has 0 bridgehead atoms. The van der Waals surface area contributed by atoms with Gasteiger partial charge in [-0.2, -0.15) is 0 Å².